The highest BCUT2D eigenvalue weighted by Gasteiger charge is 2.33. The average molecular weight is 302 g/mol. The van der Waals surface area contributed by atoms with E-state index >= 15 is 0 Å². The lowest BCUT2D eigenvalue weighted by Crippen LogP contribution is -2.30. The molecule has 0 aromatic heterocycles. The maximum atomic E-state index is 13.8. The van der Waals surface area contributed by atoms with Crippen LogP contribution in [0.1, 0.15) is 25.7 Å². The lowest BCUT2D eigenvalue weighted by molar-refractivity contribution is -0.385. The Morgan fingerprint density at radius 3 is 2.35 bits per heavy atom. The monoisotopic (exact) mass is 302 g/mol. The van der Waals surface area contributed by atoms with Gasteiger partial charge in [-0.05, 0) is 19.1 Å². The Morgan fingerprint density at radius 1 is 1.35 bits per heavy atom. The molecule has 0 bridgehead atoms. The molecule has 1 aliphatic rings. The van der Waals surface area contributed by atoms with E-state index in [4.69, 9.17) is 0 Å². The van der Waals surface area contributed by atoms with Gasteiger partial charge in [-0.3, -0.25) is 10.1 Å². The number of nitro benzene ring substituents is 1. The SMILES string of the molecule is CSC1(CNc2c(F)cc([N+](=O)[O-])cc2F)CCCC1. The first-order chi connectivity index (χ1) is 9.47. The van der Waals surface area contributed by atoms with E-state index in [0.717, 1.165) is 37.8 Å². The molecule has 7 heteroatoms. The highest BCUT2D eigenvalue weighted by Crippen LogP contribution is 2.40. The molecular weight excluding hydrogens is 286 g/mol. The van der Waals surface area contributed by atoms with Crippen molar-refractivity contribution >= 4 is 23.1 Å². The average Bonchev–Trinajstić information content (AvgIpc) is 2.87. The molecular formula is C13H16F2N2O2S. The summed E-state index contributed by atoms with van der Waals surface area (Å²) < 4.78 is 27.5. The molecule has 0 heterocycles. The summed E-state index contributed by atoms with van der Waals surface area (Å²) in [6.07, 6.45) is 6.26. The van der Waals surface area contributed by atoms with Crippen molar-refractivity contribution in [1.29, 1.82) is 0 Å². The van der Waals surface area contributed by atoms with E-state index in [1.54, 1.807) is 11.8 Å². The van der Waals surface area contributed by atoms with E-state index in [1.807, 2.05) is 6.26 Å². The van der Waals surface area contributed by atoms with Gasteiger partial charge in [-0.25, -0.2) is 8.78 Å². The fraction of sp³-hybridized carbons (Fsp3) is 0.538. The highest BCUT2D eigenvalue weighted by atomic mass is 32.2. The van der Waals surface area contributed by atoms with Crippen LogP contribution in [0.15, 0.2) is 12.1 Å². The molecule has 1 aromatic carbocycles. The second kappa shape index (κ2) is 5.95. The van der Waals surface area contributed by atoms with Gasteiger partial charge in [0.1, 0.15) is 5.69 Å². The third-order valence-corrected chi connectivity index (χ3v) is 5.19. The second-order valence-electron chi connectivity index (χ2n) is 4.99. The molecule has 2 rings (SSSR count). The Hall–Kier alpha value is -1.37. The van der Waals surface area contributed by atoms with Gasteiger partial charge in [0.25, 0.3) is 5.69 Å². The number of nitro groups is 1. The number of benzene rings is 1. The largest absolute Gasteiger partial charge is 0.379 e. The van der Waals surface area contributed by atoms with Crippen LogP contribution < -0.4 is 5.32 Å². The van der Waals surface area contributed by atoms with Crippen LogP contribution >= 0.6 is 11.8 Å². The molecule has 1 aromatic rings. The predicted octanol–water partition coefficient (Wildman–Crippen LogP) is 3.96. The maximum absolute atomic E-state index is 13.8. The zero-order valence-electron chi connectivity index (χ0n) is 11.1. The first-order valence-electron chi connectivity index (χ1n) is 6.40. The predicted molar refractivity (Wildman–Crippen MR) is 76.2 cm³/mol. The highest BCUT2D eigenvalue weighted by molar-refractivity contribution is 8.00. The van der Waals surface area contributed by atoms with Gasteiger partial charge >= 0.3 is 0 Å². The Labute approximate surface area is 120 Å². The minimum absolute atomic E-state index is 0.000650. The lowest BCUT2D eigenvalue weighted by atomic mass is 10.1. The molecule has 1 fully saturated rings. The topological polar surface area (TPSA) is 55.2 Å². The van der Waals surface area contributed by atoms with Gasteiger partial charge in [0.2, 0.25) is 0 Å². The third kappa shape index (κ3) is 3.03. The van der Waals surface area contributed by atoms with Gasteiger partial charge in [-0.15, -0.1) is 0 Å². The van der Waals surface area contributed by atoms with Crippen LogP contribution in [0.2, 0.25) is 0 Å². The van der Waals surface area contributed by atoms with E-state index in [2.05, 4.69) is 5.32 Å². The van der Waals surface area contributed by atoms with E-state index in [-0.39, 0.29) is 10.4 Å². The molecule has 0 aliphatic heterocycles. The zero-order valence-corrected chi connectivity index (χ0v) is 11.9. The van der Waals surface area contributed by atoms with E-state index in [9.17, 15) is 18.9 Å². The smallest absolute Gasteiger partial charge is 0.275 e. The molecule has 0 saturated heterocycles. The standard InChI is InChI=1S/C13H16F2N2O2S/c1-20-13(4-2-3-5-13)8-16-12-10(14)6-9(17(18)19)7-11(12)15/h6-7,16H,2-5,8H2,1H3. The molecule has 0 amide bonds. The van der Waals surface area contributed by atoms with E-state index < -0.39 is 22.2 Å². The Bertz CT molecular complexity index is 496. The molecule has 1 saturated carbocycles. The Balaban J connectivity index is 2.15. The van der Waals surface area contributed by atoms with Crippen molar-refractivity contribution in [1.82, 2.24) is 0 Å². The lowest BCUT2D eigenvalue weighted by Gasteiger charge is -2.27. The molecule has 0 spiro atoms. The van der Waals surface area contributed by atoms with Crippen LogP contribution in [-0.4, -0.2) is 22.5 Å². The Morgan fingerprint density at radius 2 is 1.90 bits per heavy atom. The molecule has 4 nitrogen and oxygen atoms in total. The van der Waals surface area contributed by atoms with Crippen molar-refractivity contribution in [3.05, 3.63) is 33.9 Å². The fourth-order valence-corrected chi connectivity index (χ4v) is 3.47. The van der Waals surface area contributed by atoms with Crippen LogP contribution in [0, 0.1) is 21.7 Å². The minimum Gasteiger partial charge on any atom is -0.379 e. The summed E-state index contributed by atoms with van der Waals surface area (Å²) >= 11 is 1.70. The van der Waals surface area contributed by atoms with Gasteiger partial charge < -0.3 is 5.32 Å². The van der Waals surface area contributed by atoms with Crippen LogP contribution in [0.3, 0.4) is 0 Å². The van der Waals surface area contributed by atoms with Crippen molar-refractivity contribution in [3.63, 3.8) is 0 Å². The number of anilines is 1. The van der Waals surface area contributed by atoms with Crippen LogP contribution in [-0.2, 0) is 0 Å². The number of hydrogen-bond donors (Lipinski definition) is 1. The number of nitrogens with one attached hydrogen (secondary N) is 1. The number of hydrogen-bond acceptors (Lipinski definition) is 4. The van der Waals surface area contributed by atoms with Crippen molar-refractivity contribution in [3.8, 4) is 0 Å². The quantitative estimate of drug-likeness (QED) is 0.660. The molecule has 1 N–H and O–H groups in total. The molecule has 0 unspecified atom stereocenters. The maximum Gasteiger partial charge on any atom is 0.275 e. The zero-order chi connectivity index (χ0) is 14.8. The van der Waals surface area contributed by atoms with Crippen LogP contribution in [0.5, 0.6) is 0 Å². The molecule has 1 aliphatic carbocycles. The van der Waals surface area contributed by atoms with Crippen LogP contribution in [0.25, 0.3) is 0 Å². The third-order valence-electron chi connectivity index (χ3n) is 3.77. The summed E-state index contributed by atoms with van der Waals surface area (Å²) in [5.41, 5.74) is -0.859. The van der Waals surface area contributed by atoms with Crippen molar-refractivity contribution in [2.75, 3.05) is 18.1 Å². The van der Waals surface area contributed by atoms with Crippen molar-refractivity contribution in [2.45, 2.75) is 30.4 Å². The summed E-state index contributed by atoms with van der Waals surface area (Å²) in [4.78, 5) is 9.72. The number of thioether (sulfide) groups is 1. The number of nitrogens with zero attached hydrogens (tertiary/aromatic N) is 1. The first kappa shape index (κ1) is 15.0. The van der Waals surface area contributed by atoms with E-state index in [0.29, 0.717) is 6.54 Å². The Kier molecular flexibility index (Phi) is 4.47. The summed E-state index contributed by atoms with van der Waals surface area (Å²) in [6, 6.07) is 1.48. The van der Waals surface area contributed by atoms with Gasteiger partial charge in [0, 0.05) is 11.3 Å². The summed E-state index contributed by atoms with van der Waals surface area (Å²) in [7, 11) is 0. The van der Waals surface area contributed by atoms with Gasteiger partial charge in [0.05, 0.1) is 17.1 Å². The number of rotatable bonds is 5. The van der Waals surface area contributed by atoms with Gasteiger partial charge in [-0.1, -0.05) is 12.8 Å². The number of halogens is 2. The van der Waals surface area contributed by atoms with Crippen LogP contribution in [0.4, 0.5) is 20.2 Å². The molecule has 110 valence electrons. The summed E-state index contributed by atoms with van der Waals surface area (Å²) in [5.74, 6) is -1.85. The number of non-ortho nitro benzene ring substituents is 1. The van der Waals surface area contributed by atoms with E-state index in [1.165, 1.54) is 0 Å². The summed E-state index contributed by atoms with van der Waals surface area (Å²) in [5, 5.41) is 13.3. The van der Waals surface area contributed by atoms with Gasteiger partial charge in [-0.2, -0.15) is 11.8 Å². The molecule has 20 heavy (non-hydrogen) atoms. The normalized spacial score (nSPS) is 17.1. The first-order valence-corrected chi connectivity index (χ1v) is 7.62. The second-order valence-corrected chi connectivity index (χ2v) is 6.26. The minimum atomic E-state index is -0.925. The van der Waals surface area contributed by atoms with Crippen molar-refractivity contribution in [2.24, 2.45) is 0 Å². The molecule has 0 atom stereocenters. The summed E-state index contributed by atoms with van der Waals surface area (Å²) in [6.45, 7) is 0.458. The van der Waals surface area contributed by atoms with Crippen molar-refractivity contribution < 1.29 is 13.7 Å². The van der Waals surface area contributed by atoms with Gasteiger partial charge in [0.15, 0.2) is 11.6 Å². The fourth-order valence-electron chi connectivity index (χ4n) is 2.56. The molecule has 0 radical (unpaired) electrons.